The fraction of sp³-hybridized carbons (Fsp3) is 0.778. The average Bonchev–Trinajstić information content (AvgIpc) is 2.75. The van der Waals surface area contributed by atoms with Gasteiger partial charge in [-0.15, -0.1) is 0 Å². The van der Waals surface area contributed by atoms with Crippen LogP contribution in [0.5, 0.6) is 0 Å². The summed E-state index contributed by atoms with van der Waals surface area (Å²) in [5.74, 6) is -0.0378. The summed E-state index contributed by atoms with van der Waals surface area (Å²) < 4.78 is 5.17. The zero-order chi connectivity index (χ0) is 9.97. The van der Waals surface area contributed by atoms with Crippen LogP contribution in [0.3, 0.4) is 0 Å². The second-order valence-electron chi connectivity index (χ2n) is 3.71. The van der Waals surface area contributed by atoms with Crippen molar-refractivity contribution in [1.29, 1.82) is 0 Å². The van der Waals surface area contributed by atoms with E-state index in [4.69, 9.17) is 4.74 Å². The molecule has 2 rings (SSSR count). The van der Waals surface area contributed by atoms with Crippen LogP contribution in [0, 0.1) is 0 Å². The van der Waals surface area contributed by atoms with Gasteiger partial charge in [-0.05, 0) is 12.8 Å². The van der Waals surface area contributed by atoms with Gasteiger partial charge in [0.2, 0.25) is 5.91 Å². The number of carbonyl (C=O) groups excluding carboxylic acids is 2. The lowest BCUT2D eigenvalue weighted by molar-refractivity contribution is -0.119. The van der Waals surface area contributed by atoms with Crippen LogP contribution in [0.15, 0.2) is 0 Å². The van der Waals surface area contributed by atoms with Gasteiger partial charge in [0.25, 0.3) is 0 Å². The summed E-state index contributed by atoms with van der Waals surface area (Å²) in [5, 5.41) is 2.63. The minimum Gasteiger partial charge on any atom is -0.444 e. The van der Waals surface area contributed by atoms with Gasteiger partial charge in [0.15, 0.2) is 0 Å². The Bertz CT molecular complexity index is 248. The van der Waals surface area contributed by atoms with E-state index in [9.17, 15) is 9.59 Å². The lowest BCUT2D eigenvalue weighted by atomic mass is 10.3. The van der Waals surface area contributed by atoms with E-state index in [1.807, 2.05) is 0 Å². The highest BCUT2D eigenvalue weighted by Gasteiger charge is 2.27. The standard InChI is InChI=1S/C9H14N2O3/c12-8-5-7(6-10-8)14-9(13)11-3-1-2-4-11/h7H,1-6H2,(H,10,12). The Morgan fingerprint density at radius 1 is 1.43 bits per heavy atom. The second-order valence-corrected chi connectivity index (χ2v) is 3.71. The van der Waals surface area contributed by atoms with E-state index >= 15 is 0 Å². The van der Waals surface area contributed by atoms with Crippen LogP contribution in [0.25, 0.3) is 0 Å². The quantitative estimate of drug-likeness (QED) is 0.650. The Labute approximate surface area is 82.4 Å². The molecule has 78 valence electrons. The summed E-state index contributed by atoms with van der Waals surface area (Å²) in [5.41, 5.74) is 0. The molecule has 0 aromatic rings. The molecule has 1 N–H and O–H groups in total. The predicted molar refractivity (Wildman–Crippen MR) is 48.7 cm³/mol. The number of hydrogen-bond acceptors (Lipinski definition) is 3. The number of amides is 2. The van der Waals surface area contributed by atoms with Gasteiger partial charge in [-0.25, -0.2) is 4.79 Å². The number of ether oxygens (including phenoxy) is 1. The third kappa shape index (κ3) is 1.97. The van der Waals surface area contributed by atoms with E-state index in [1.54, 1.807) is 4.90 Å². The fourth-order valence-corrected chi connectivity index (χ4v) is 1.78. The largest absolute Gasteiger partial charge is 0.444 e. The van der Waals surface area contributed by atoms with Gasteiger partial charge in [-0.2, -0.15) is 0 Å². The molecule has 0 aromatic carbocycles. The zero-order valence-electron chi connectivity index (χ0n) is 7.99. The first-order valence-corrected chi connectivity index (χ1v) is 4.98. The first kappa shape index (κ1) is 9.30. The Hall–Kier alpha value is -1.26. The van der Waals surface area contributed by atoms with Gasteiger partial charge in [0, 0.05) is 13.1 Å². The minimum absolute atomic E-state index is 0.0378. The van der Waals surface area contributed by atoms with Crippen molar-refractivity contribution in [1.82, 2.24) is 10.2 Å². The van der Waals surface area contributed by atoms with Crippen LogP contribution in [-0.2, 0) is 9.53 Å². The van der Waals surface area contributed by atoms with Crippen LogP contribution in [0.4, 0.5) is 4.79 Å². The van der Waals surface area contributed by atoms with Crippen molar-refractivity contribution >= 4 is 12.0 Å². The molecule has 0 saturated carbocycles. The Kier molecular flexibility index (Phi) is 2.56. The minimum atomic E-state index is -0.274. The van der Waals surface area contributed by atoms with Crippen molar-refractivity contribution in [3.63, 3.8) is 0 Å². The number of nitrogens with one attached hydrogen (secondary N) is 1. The predicted octanol–water partition coefficient (Wildman–Crippen LogP) is 0.107. The van der Waals surface area contributed by atoms with Gasteiger partial charge < -0.3 is 15.0 Å². The highest BCUT2D eigenvalue weighted by atomic mass is 16.6. The van der Waals surface area contributed by atoms with Gasteiger partial charge in [0.05, 0.1) is 13.0 Å². The molecule has 5 nitrogen and oxygen atoms in total. The summed E-state index contributed by atoms with van der Waals surface area (Å²) in [4.78, 5) is 24.0. The maximum atomic E-state index is 11.5. The van der Waals surface area contributed by atoms with Gasteiger partial charge in [-0.1, -0.05) is 0 Å². The number of carbonyl (C=O) groups is 2. The number of hydrogen-bond donors (Lipinski definition) is 1. The van der Waals surface area contributed by atoms with E-state index in [1.165, 1.54) is 0 Å². The average molecular weight is 198 g/mol. The van der Waals surface area contributed by atoms with Crippen molar-refractivity contribution < 1.29 is 14.3 Å². The molecule has 0 spiro atoms. The van der Waals surface area contributed by atoms with Crippen molar-refractivity contribution in [2.45, 2.75) is 25.4 Å². The molecule has 2 fully saturated rings. The van der Waals surface area contributed by atoms with E-state index in [0.29, 0.717) is 13.0 Å². The molecule has 2 amide bonds. The highest BCUT2D eigenvalue weighted by molar-refractivity contribution is 5.79. The SMILES string of the molecule is O=C1CC(OC(=O)N2CCCC2)CN1. The number of likely N-dealkylation sites (tertiary alicyclic amines) is 1. The molecular weight excluding hydrogens is 184 g/mol. The molecule has 0 aromatic heterocycles. The van der Waals surface area contributed by atoms with Crippen molar-refractivity contribution in [2.75, 3.05) is 19.6 Å². The van der Waals surface area contributed by atoms with Crippen LogP contribution in [-0.4, -0.2) is 42.6 Å². The molecule has 2 saturated heterocycles. The zero-order valence-corrected chi connectivity index (χ0v) is 7.99. The lowest BCUT2D eigenvalue weighted by Gasteiger charge is -2.17. The number of rotatable bonds is 1. The molecule has 0 bridgehead atoms. The number of nitrogens with zero attached hydrogens (tertiary/aromatic N) is 1. The summed E-state index contributed by atoms with van der Waals surface area (Å²) in [6.07, 6.45) is 1.87. The monoisotopic (exact) mass is 198 g/mol. The van der Waals surface area contributed by atoms with E-state index in [2.05, 4.69) is 5.32 Å². The molecule has 14 heavy (non-hydrogen) atoms. The summed E-state index contributed by atoms with van der Waals surface area (Å²) in [6, 6.07) is 0. The maximum absolute atomic E-state index is 11.5. The molecule has 2 aliphatic rings. The van der Waals surface area contributed by atoms with Crippen molar-refractivity contribution in [3.05, 3.63) is 0 Å². The molecular formula is C9H14N2O3. The smallest absolute Gasteiger partial charge is 0.410 e. The van der Waals surface area contributed by atoms with E-state index in [-0.39, 0.29) is 18.1 Å². The fourth-order valence-electron chi connectivity index (χ4n) is 1.78. The van der Waals surface area contributed by atoms with Gasteiger partial charge in [0.1, 0.15) is 6.10 Å². The summed E-state index contributed by atoms with van der Waals surface area (Å²) >= 11 is 0. The van der Waals surface area contributed by atoms with E-state index < -0.39 is 0 Å². The van der Waals surface area contributed by atoms with Crippen LogP contribution < -0.4 is 5.32 Å². The molecule has 0 aliphatic carbocycles. The Morgan fingerprint density at radius 2 is 2.14 bits per heavy atom. The van der Waals surface area contributed by atoms with Crippen LogP contribution >= 0.6 is 0 Å². The Morgan fingerprint density at radius 3 is 2.71 bits per heavy atom. The lowest BCUT2D eigenvalue weighted by Crippen LogP contribution is -2.32. The summed E-state index contributed by atoms with van der Waals surface area (Å²) in [6.45, 7) is 2.03. The van der Waals surface area contributed by atoms with Crippen molar-refractivity contribution in [2.24, 2.45) is 0 Å². The molecule has 1 unspecified atom stereocenters. The van der Waals surface area contributed by atoms with Gasteiger partial charge in [-0.3, -0.25) is 4.79 Å². The third-order valence-corrected chi connectivity index (χ3v) is 2.57. The van der Waals surface area contributed by atoms with Crippen molar-refractivity contribution in [3.8, 4) is 0 Å². The molecule has 2 heterocycles. The second kappa shape index (κ2) is 3.86. The topological polar surface area (TPSA) is 58.6 Å². The van der Waals surface area contributed by atoms with Gasteiger partial charge >= 0.3 is 6.09 Å². The highest BCUT2D eigenvalue weighted by Crippen LogP contribution is 2.12. The first-order valence-electron chi connectivity index (χ1n) is 4.98. The summed E-state index contributed by atoms with van der Waals surface area (Å²) in [7, 11) is 0. The molecule has 0 radical (unpaired) electrons. The normalized spacial score (nSPS) is 26.4. The Balaban J connectivity index is 1.79. The third-order valence-electron chi connectivity index (χ3n) is 2.57. The first-order chi connectivity index (χ1) is 6.75. The molecule has 2 aliphatic heterocycles. The molecule has 1 atom stereocenters. The van der Waals surface area contributed by atoms with Crippen LogP contribution in [0.1, 0.15) is 19.3 Å². The van der Waals surface area contributed by atoms with Crippen LogP contribution in [0.2, 0.25) is 0 Å². The maximum Gasteiger partial charge on any atom is 0.410 e. The van der Waals surface area contributed by atoms with E-state index in [0.717, 1.165) is 25.9 Å². The molecule has 5 heteroatoms.